The summed E-state index contributed by atoms with van der Waals surface area (Å²) in [5.41, 5.74) is 9.86. The minimum atomic E-state index is -0.363. The molecule has 2 aliphatic carbocycles. The fourth-order valence-electron chi connectivity index (χ4n) is 5.04. The number of carbonyl (C=O) groups is 2. The van der Waals surface area contributed by atoms with Crippen molar-refractivity contribution in [3.8, 4) is 11.4 Å². The van der Waals surface area contributed by atoms with Crippen molar-refractivity contribution in [2.75, 3.05) is 11.1 Å². The van der Waals surface area contributed by atoms with Crippen LogP contribution in [0.1, 0.15) is 71.5 Å². The van der Waals surface area contributed by atoms with Crippen molar-refractivity contribution in [3.63, 3.8) is 0 Å². The zero-order valence-electron chi connectivity index (χ0n) is 19.8. The molecule has 0 bridgehead atoms. The van der Waals surface area contributed by atoms with Crippen LogP contribution in [0.15, 0.2) is 30.5 Å². The molecule has 0 radical (unpaired) electrons. The van der Waals surface area contributed by atoms with Gasteiger partial charge >= 0.3 is 0 Å². The molecule has 1 fully saturated rings. The molecule has 0 unspecified atom stereocenters. The van der Waals surface area contributed by atoms with Crippen LogP contribution in [0.5, 0.6) is 0 Å². The molecule has 0 aliphatic heterocycles. The number of benzene rings is 1. The van der Waals surface area contributed by atoms with Crippen molar-refractivity contribution in [1.82, 2.24) is 25.5 Å². The molecule has 0 spiro atoms. The fourth-order valence-corrected chi connectivity index (χ4v) is 5.04. The van der Waals surface area contributed by atoms with E-state index in [2.05, 4.69) is 44.6 Å². The largest absolute Gasteiger partial charge is 0.393 e. The molecule has 1 saturated carbocycles. The number of aromatic nitrogens is 4. The van der Waals surface area contributed by atoms with Crippen molar-refractivity contribution in [2.45, 2.75) is 63.5 Å². The Bertz CT molecular complexity index is 1270. The lowest BCUT2D eigenvalue weighted by molar-refractivity contribution is 0.0867. The first-order chi connectivity index (χ1) is 16.7. The van der Waals surface area contributed by atoms with Crippen molar-refractivity contribution >= 4 is 23.5 Å². The van der Waals surface area contributed by atoms with E-state index >= 15 is 0 Å². The van der Waals surface area contributed by atoms with Crippen LogP contribution in [0.4, 0.5) is 11.6 Å². The number of anilines is 2. The summed E-state index contributed by atoms with van der Waals surface area (Å²) in [6.07, 6.45) is 5.06. The second kappa shape index (κ2) is 8.77. The van der Waals surface area contributed by atoms with E-state index in [1.807, 2.05) is 0 Å². The number of aromatic amines is 1. The molecule has 3 aromatic rings. The van der Waals surface area contributed by atoms with Gasteiger partial charge in [0.15, 0.2) is 0 Å². The topological polar surface area (TPSA) is 159 Å². The van der Waals surface area contributed by atoms with E-state index in [4.69, 9.17) is 5.73 Å². The highest BCUT2D eigenvalue weighted by atomic mass is 16.3. The van der Waals surface area contributed by atoms with E-state index < -0.39 is 0 Å². The van der Waals surface area contributed by atoms with Crippen molar-refractivity contribution in [1.29, 1.82) is 0 Å². The SMILES string of the molecule is CC1(C)Cc2cnc(N)nc2-c2n[nH]c(C(=O)Nc3ccc(C(=O)NC4CCC(O)CC4)cc3)c21. The molecule has 2 aromatic heterocycles. The summed E-state index contributed by atoms with van der Waals surface area (Å²) in [5.74, 6) is -0.322. The monoisotopic (exact) mass is 475 g/mol. The summed E-state index contributed by atoms with van der Waals surface area (Å²) in [6.45, 7) is 4.11. The van der Waals surface area contributed by atoms with Gasteiger partial charge in [-0.15, -0.1) is 0 Å². The molecule has 2 heterocycles. The van der Waals surface area contributed by atoms with Crippen LogP contribution < -0.4 is 16.4 Å². The van der Waals surface area contributed by atoms with Gasteiger partial charge in [0.25, 0.3) is 11.8 Å². The summed E-state index contributed by atoms with van der Waals surface area (Å²) >= 11 is 0. The van der Waals surface area contributed by atoms with Gasteiger partial charge in [-0.05, 0) is 67.3 Å². The Labute approximate surface area is 202 Å². The molecule has 5 rings (SSSR count). The number of aliphatic hydroxyl groups excluding tert-OH is 1. The van der Waals surface area contributed by atoms with E-state index in [0.717, 1.165) is 24.0 Å². The summed E-state index contributed by atoms with van der Waals surface area (Å²) in [5, 5.41) is 22.8. The standard InChI is InChI=1S/C25H29N7O3/c1-25(2)11-14-12-27-24(26)30-19(14)20-18(25)21(32-31-20)23(35)29-15-5-3-13(4-6-15)22(34)28-16-7-9-17(33)10-8-16/h3-6,12,16-17,33H,7-11H2,1-2H3,(H,28,34)(H,29,35)(H,31,32)(H2,26,27,30). The summed E-state index contributed by atoms with van der Waals surface area (Å²) < 4.78 is 0. The van der Waals surface area contributed by atoms with E-state index in [0.29, 0.717) is 47.6 Å². The fraction of sp³-hybridized carbons (Fsp3) is 0.400. The van der Waals surface area contributed by atoms with Crippen LogP contribution >= 0.6 is 0 Å². The van der Waals surface area contributed by atoms with E-state index in [1.54, 1.807) is 30.5 Å². The van der Waals surface area contributed by atoms with Gasteiger partial charge in [-0.2, -0.15) is 5.10 Å². The lowest BCUT2D eigenvalue weighted by Gasteiger charge is -2.30. The lowest BCUT2D eigenvalue weighted by Crippen LogP contribution is -2.38. The van der Waals surface area contributed by atoms with E-state index in [-0.39, 0.29) is 35.3 Å². The number of rotatable bonds is 4. The molecule has 10 heteroatoms. The van der Waals surface area contributed by atoms with Crippen LogP contribution in [0, 0.1) is 0 Å². The first kappa shape index (κ1) is 23.0. The molecule has 2 aliphatic rings. The quantitative estimate of drug-likeness (QED) is 0.388. The highest BCUT2D eigenvalue weighted by Gasteiger charge is 2.38. The summed E-state index contributed by atoms with van der Waals surface area (Å²) in [7, 11) is 0. The third-order valence-corrected chi connectivity index (χ3v) is 6.85. The molecule has 6 N–H and O–H groups in total. The Morgan fingerprint density at radius 1 is 1.09 bits per heavy atom. The van der Waals surface area contributed by atoms with E-state index in [9.17, 15) is 14.7 Å². The number of aliphatic hydroxyl groups is 1. The molecule has 182 valence electrons. The normalized spacial score (nSPS) is 20.4. The number of nitrogens with one attached hydrogen (secondary N) is 3. The molecular formula is C25H29N7O3. The number of H-pyrrole nitrogens is 1. The Kier molecular flexibility index (Phi) is 5.76. The highest BCUT2D eigenvalue weighted by molar-refractivity contribution is 6.05. The number of nitrogen functional groups attached to an aromatic ring is 1. The number of nitrogens with zero attached hydrogens (tertiary/aromatic N) is 3. The predicted octanol–water partition coefficient (Wildman–Crippen LogP) is 2.57. The number of nitrogens with two attached hydrogens (primary N) is 1. The lowest BCUT2D eigenvalue weighted by atomic mass is 9.73. The molecule has 0 saturated heterocycles. The van der Waals surface area contributed by atoms with Gasteiger partial charge in [0.2, 0.25) is 5.95 Å². The second-order valence-electron chi connectivity index (χ2n) is 10.00. The number of carbonyl (C=O) groups excluding carboxylic acids is 2. The van der Waals surface area contributed by atoms with Gasteiger partial charge in [-0.3, -0.25) is 14.7 Å². The van der Waals surface area contributed by atoms with Gasteiger partial charge in [-0.25, -0.2) is 9.97 Å². The zero-order valence-corrected chi connectivity index (χ0v) is 19.8. The Morgan fingerprint density at radius 3 is 2.51 bits per heavy atom. The van der Waals surface area contributed by atoms with Gasteiger partial charge in [0.1, 0.15) is 11.4 Å². The van der Waals surface area contributed by atoms with Crippen LogP contribution in [-0.4, -0.2) is 49.2 Å². The van der Waals surface area contributed by atoms with E-state index in [1.165, 1.54) is 0 Å². The molecule has 10 nitrogen and oxygen atoms in total. The molecular weight excluding hydrogens is 446 g/mol. The zero-order chi connectivity index (χ0) is 24.7. The minimum absolute atomic E-state index is 0.0749. The van der Waals surface area contributed by atoms with Crippen molar-refractivity contribution < 1.29 is 14.7 Å². The average Bonchev–Trinajstić information content (AvgIpc) is 3.29. The molecule has 35 heavy (non-hydrogen) atoms. The first-order valence-electron chi connectivity index (χ1n) is 11.8. The Morgan fingerprint density at radius 2 is 1.80 bits per heavy atom. The van der Waals surface area contributed by atoms with Gasteiger partial charge in [0, 0.05) is 29.1 Å². The van der Waals surface area contributed by atoms with Crippen LogP contribution in [0.3, 0.4) is 0 Å². The average molecular weight is 476 g/mol. The highest BCUT2D eigenvalue weighted by Crippen LogP contribution is 2.42. The third kappa shape index (κ3) is 4.49. The van der Waals surface area contributed by atoms with Crippen LogP contribution in [0.25, 0.3) is 11.4 Å². The second-order valence-corrected chi connectivity index (χ2v) is 10.00. The third-order valence-electron chi connectivity index (χ3n) is 6.85. The van der Waals surface area contributed by atoms with Crippen LogP contribution in [0.2, 0.25) is 0 Å². The predicted molar refractivity (Wildman–Crippen MR) is 131 cm³/mol. The van der Waals surface area contributed by atoms with Gasteiger partial charge in [-0.1, -0.05) is 13.8 Å². The number of fused-ring (bicyclic) bond motifs is 3. The maximum Gasteiger partial charge on any atom is 0.273 e. The number of amides is 2. The maximum absolute atomic E-state index is 13.2. The minimum Gasteiger partial charge on any atom is -0.393 e. The van der Waals surface area contributed by atoms with Gasteiger partial charge < -0.3 is 21.5 Å². The van der Waals surface area contributed by atoms with Crippen molar-refractivity contribution in [3.05, 3.63) is 52.8 Å². The Balaban J connectivity index is 1.31. The van der Waals surface area contributed by atoms with Crippen molar-refractivity contribution in [2.24, 2.45) is 0 Å². The first-order valence-corrected chi connectivity index (χ1v) is 11.8. The smallest absolute Gasteiger partial charge is 0.273 e. The molecule has 0 atom stereocenters. The molecule has 2 amide bonds. The summed E-state index contributed by atoms with van der Waals surface area (Å²) in [4.78, 5) is 34.2. The maximum atomic E-state index is 13.2. The molecule has 1 aromatic carbocycles. The van der Waals surface area contributed by atoms with Gasteiger partial charge in [0.05, 0.1) is 11.8 Å². The number of hydrogen-bond acceptors (Lipinski definition) is 7. The number of hydrogen-bond donors (Lipinski definition) is 5. The summed E-state index contributed by atoms with van der Waals surface area (Å²) in [6, 6.07) is 6.85. The Hall–Kier alpha value is -3.79. The van der Waals surface area contributed by atoms with Crippen LogP contribution in [-0.2, 0) is 11.8 Å².